The summed E-state index contributed by atoms with van der Waals surface area (Å²) in [7, 11) is 1.97. The highest BCUT2D eigenvalue weighted by Crippen LogP contribution is 2.31. The Morgan fingerprint density at radius 2 is 2.24 bits per heavy atom. The van der Waals surface area contributed by atoms with Crippen molar-refractivity contribution in [1.82, 2.24) is 9.88 Å². The summed E-state index contributed by atoms with van der Waals surface area (Å²) in [4.78, 5) is 0. The second-order valence-corrected chi connectivity index (χ2v) is 5.34. The molecule has 0 atom stereocenters. The molecule has 0 saturated carbocycles. The summed E-state index contributed by atoms with van der Waals surface area (Å²) in [5.74, 6) is 0. The number of hydrogen-bond donors (Lipinski definition) is 1. The van der Waals surface area contributed by atoms with Crippen molar-refractivity contribution in [3.05, 3.63) is 65.0 Å². The average molecular weight is 277 g/mol. The number of nitrogens with zero attached hydrogens (tertiary/aromatic N) is 2. The molecule has 3 rings (SSSR count). The molecule has 106 valence electrons. The largest absolute Gasteiger partial charge is 0.346 e. The van der Waals surface area contributed by atoms with Crippen LogP contribution in [0.4, 0.5) is 0 Å². The van der Waals surface area contributed by atoms with Gasteiger partial charge in [-0.2, -0.15) is 5.26 Å². The standard InChI is InChI=1S/C18H19N3/c1-20-9-4-7-17-16-6-3-2-5-15(16)8-10-21-13-14(12-19)11-18(17)21/h2-3,5-7,11,13,20H,4,8-10H2,1H3/b17-7+. The van der Waals surface area contributed by atoms with Crippen LogP contribution in [0.15, 0.2) is 42.6 Å². The Bertz CT molecular complexity index is 716. The second-order valence-electron chi connectivity index (χ2n) is 5.34. The van der Waals surface area contributed by atoms with Gasteiger partial charge in [0, 0.05) is 24.0 Å². The van der Waals surface area contributed by atoms with Crippen LogP contribution in [-0.2, 0) is 13.0 Å². The van der Waals surface area contributed by atoms with E-state index < -0.39 is 0 Å². The Kier molecular flexibility index (Phi) is 3.89. The molecule has 0 bridgehead atoms. The normalized spacial score (nSPS) is 15.1. The molecule has 0 spiro atoms. The maximum Gasteiger partial charge on any atom is 0.101 e. The van der Waals surface area contributed by atoms with E-state index in [-0.39, 0.29) is 0 Å². The van der Waals surface area contributed by atoms with Gasteiger partial charge in [0.05, 0.1) is 5.56 Å². The minimum absolute atomic E-state index is 0.740. The molecule has 1 aromatic carbocycles. The quantitative estimate of drug-likeness (QED) is 0.876. The van der Waals surface area contributed by atoms with Crippen molar-refractivity contribution >= 4 is 5.57 Å². The van der Waals surface area contributed by atoms with Crippen LogP contribution in [0.2, 0.25) is 0 Å². The van der Waals surface area contributed by atoms with Crippen LogP contribution in [0.3, 0.4) is 0 Å². The molecule has 1 aromatic heterocycles. The molecule has 0 saturated heterocycles. The second kappa shape index (κ2) is 5.99. The van der Waals surface area contributed by atoms with E-state index in [1.165, 1.54) is 16.7 Å². The highest BCUT2D eigenvalue weighted by atomic mass is 15.0. The minimum atomic E-state index is 0.740. The molecule has 1 N–H and O–H groups in total. The van der Waals surface area contributed by atoms with Crippen LogP contribution in [0.1, 0.15) is 28.8 Å². The van der Waals surface area contributed by atoms with Crippen LogP contribution >= 0.6 is 0 Å². The molecule has 3 nitrogen and oxygen atoms in total. The number of fused-ring (bicyclic) bond motifs is 2. The molecule has 0 fully saturated rings. The molecule has 2 heterocycles. The molecule has 0 aliphatic carbocycles. The van der Waals surface area contributed by atoms with E-state index in [4.69, 9.17) is 5.26 Å². The predicted molar refractivity (Wildman–Crippen MR) is 84.9 cm³/mol. The van der Waals surface area contributed by atoms with Crippen LogP contribution < -0.4 is 5.32 Å². The molecular weight excluding hydrogens is 258 g/mol. The molecule has 21 heavy (non-hydrogen) atoms. The molecule has 0 amide bonds. The summed E-state index contributed by atoms with van der Waals surface area (Å²) < 4.78 is 2.21. The number of nitrogens with one attached hydrogen (secondary N) is 1. The van der Waals surface area contributed by atoms with E-state index in [2.05, 4.69) is 46.3 Å². The Hall–Kier alpha value is -2.31. The van der Waals surface area contributed by atoms with Gasteiger partial charge >= 0.3 is 0 Å². The van der Waals surface area contributed by atoms with Crippen molar-refractivity contribution < 1.29 is 0 Å². The smallest absolute Gasteiger partial charge is 0.101 e. The third kappa shape index (κ3) is 2.63. The van der Waals surface area contributed by atoms with Gasteiger partial charge in [-0.3, -0.25) is 0 Å². The Morgan fingerprint density at radius 1 is 1.38 bits per heavy atom. The van der Waals surface area contributed by atoms with Crippen LogP contribution in [0.5, 0.6) is 0 Å². The minimum Gasteiger partial charge on any atom is -0.346 e. The number of aryl methyl sites for hydroxylation is 2. The van der Waals surface area contributed by atoms with Crippen molar-refractivity contribution in [2.24, 2.45) is 0 Å². The molecule has 3 heteroatoms. The van der Waals surface area contributed by atoms with Crippen LogP contribution in [0.25, 0.3) is 5.57 Å². The zero-order chi connectivity index (χ0) is 14.7. The third-order valence-electron chi connectivity index (χ3n) is 3.97. The van der Waals surface area contributed by atoms with Crippen LogP contribution in [0, 0.1) is 11.3 Å². The molecule has 1 aliphatic rings. The van der Waals surface area contributed by atoms with Gasteiger partial charge in [0.2, 0.25) is 0 Å². The van der Waals surface area contributed by atoms with Crippen molar-refractivity contribution in [2.75, 3.05) is 13.6 Å². The van der Waals surface area contributed by atoms with E-state index >= 15 is 0 Å². The lowest BCUT2D eigenvalue weighted by atomic mass is 9.96. The summed E-state index contributed by atoms with van der Waals surface area (Å²) >= 11 is 0. The maximum atomic E-state index is 9.16. The van der Waals surface area contributed by atoms with Crippen molar-refractivity contribution in [3.63, 3.8) is 0 Å². The van der Waals surface area contributed by atoms with E-state index in [1.54, 1.807) is 0 Å². The number of nitriles is 1. The predicted octanol–water partition coefficient (Wildman–Crippen LogP) is 2.96. The summed E-state index contributed by atoms with van der Waals surface area (Å²) in [5.41, 5.74) is 5.83. The third-order valence-corrected chi connectivity index (χ3v) is 3.97. The molecule has 0 unspecified atom stereocenters. The summed E-state index contributed by atoms with van der Waals surface area (Å²) in [5, 5.41) is 12.3. The van der Waals surface area contributed by atoms with Crippen molar-refractivity contribution in [1.29, 1.82) is 5.26 Å². The number of rotatable bonds is 3. The monoisotopic (exact) mass is 277 g/mol. The van der Waals surface area contributed by atoms with Gasteiger partial charge < -0.3 is 9.88 Å². The van der Waals surface area contributed by atoms with Gasteiger partial charge in [-0.1, -0.05) is 30.3 Å². The van der Waals surface area contributed by atoms with Gasteiger partial charge in [0.1, 0.15) is 6.07 Å². The average Bonchev–Trinajstić information content (AvgIpc) is 2.87. The van der Waals surface area contributed by atoms with Crippen molar-refractivity contribution in [2.45, 2.75) is 19.4 Å². The van der Waals surface area contributed by atoms with E-state index in [1.807, 2.05) is 19.3 Å². The van der Waals surface area contributed by atoms with Gasteiger partial charge in [-0.15, -0.1) is 0 Å². The zero-order valence-electron chi connectivity index (χ0n) is 12.3. The molecule has 1 aliphatic heterocycles. The van der Waals surface area contributed by atoms with E-state index in [9.17, 15) is 0 Å². The first kappa shape index (κ1) is 13.7. The highest BCUT2D eigenvalue weighted by molar-refractivity contribution is 5.81. The number of benzene rings is 1. The van der Waals surface area contributed by atoms with Gasteiger partial charge in [0.25, 0.3) is 0 Å². The topological polar surface area (TPSA) is 40.8 Å². The SMILES string of the molecule is CNCC/C=C1\c2ccccc2CCn2cc(C#N)cc21. The van der Waals surface area contributed by atoms with Gasteiger partial charge in [0.15, 0.2) is 0 Å². The zero-order valence-corrected chi connectivity index (χ0v) is 12.3. The fourth-order valence-electron chi connectivity index (χ4n) is 2.94. The Balaban J connectivity index is 2.12. The van der Waals surface area contributed by atoms with E-state index in [0.717, 1.165) is 37.2 Å². The molecule has 2 aromatic rings. The first-order chi connectivity index (χ1) is 10.3. The van der Waals surface area contributed by atoms with Crippen molar-refractivity contribution in [3.8, 4) is 6.07 Å². The van der Waals surface area contributed by atoms with Gasteiger partial charge in [-0.05, 0) is 43.6 Å². The summed E-state index contributed by atoms with van der Waals surface area (Å²) in [6, 6.07) is 12.9. The Labute approximate surface area is 125 Å². The fourth-order valence-corrected chi connectivity index (χ4v) is 2.94. The Morgan fingerprint density at radius 3 is 3.05 bits per heavy atom. The fraction of sp³-hybridized carbons (Fsp3) is 0.278. The van der Waals surface area contributed by atoms with Crippen LogP contribution in [-0.4, -0.2) is 18.2 Å². The maximum absolute atomic E-state index is 9.16. The number of hydrogen-bond acceptors (Lipinski definition) is 2. The lowest BCUT2D eigenvalue weighted by Gasteiger charge is -2.10. The highest BCUT2D eigenvalue weighted by Gasteiger charge is 2.18. The molecular formula is C18H19N3. The molecule has 0 radical (unpaired) electrons. The summed E-state index contributed by atoms with van der Waals surface area (Å²) in [6.07, 6.45) is 6.24. The number of aromatic nitrogens is 1. The lowest BCUT2D eigenvalue weighted by Crippen LogP contribution is -2.06. The van der Waals surface area contributed by atoms with E-state index in [0.29, 0.717) is 0 Å². The first-order valence-electron chi connectivity index (χ1n) is 7.37. The first-order valence-corrected chi connectivity index (χ1v) is 7.37. The van der Waals surface area contributed by atoms with Gasteiger partial charge in [-0.25, -0.2) is 0 Å². The summed E-state index contributed by atoms with van der Waals surface area (Å²) in [6.45, 7) is 1.88. The lowest BCUT2D eigenvalue weighted by molar-refractivity contribution is 0.701.